The Bertz CT molecular complexity index is 64.9. The van der Waals surface area contributed by atoms with E-state index in [0.29, 0.717) is 4.58 Å². The van der Waals surface area contributed by atoms with Gasteiger partial charge in [0.2, 0.25) is 0 Å². The van der Waals surface area contributed by atoms with E-state index < -0.39 is 0 Å². The summed E-state index contributed by atoms with van der Waals surface area (Å²) in [6.45, 7) is 2.06. The second-order valence-electron chi connectivity index (χ2n) is 1.37. The molecule has 0 amide bonds. The summed E-state index contributed by atoms with van der Waals surface area (Å²) in [6.07, 6.45) is 8.55. The first kappa shape index (κ1) is 8.44. The molecule has 0 atom stereocenters. The van der Waals surface area contributed by atoms with Crippen molar-refractivity contribution in [1.29, 1.82) is 0 Å². The lowest BCUT2D eigenvalue weighted by Gasteiger charge is -2.02. The standard InChI is InChI=1S/C6H12S2/c1-4-5-6(7-2)8-3/h4-6H,1-3H3. The fourth-order valence-corrected chi connectivity index (χ4v) is 1.81. The number of hydrogen-bond donors (Lipinski definition) is 0. The van der Waals surface area contributed by atoms with Gasteiger partial charge >= 0.3 is 0 Å². The molecule has 0 aromatic carbocycles. The van der Waals surface area contributed by atoms with Gasteiger partial charge in [-0.2, -0.15) is 0 Å². The molecule has 0 aliphatic heterocycles. The average molecular weight is 148 g/mol. The Kier molecular flexibility index (Phi) is 5.88. The smallest absolute Gasteiger partial charge is 0.0676 e. The maximum absolute atomic E-state index is 2.20. The third-order valence-corrected chi connectivity index (χ3v) is 3.21. The summed E-state index contributed by atoms with van der Waals surface area (Å²) in [4.78, 5) is 0. The van der Waals surface area contributed by atoms with Crippen LogP contribution in [0.2, 0.25) is 0 Å². The lowest BCUT2D eigenvalue weighted by atomic mass is 10.6. The highest BCUT2D eigenvalue weighted by atomic mass is 32.2. The zero-order chi connectivity index (χ0) is 6.41. The van der Waals surface area contributed by atoms with Gasteiger partial charge in [-0.05, 0) is 19.4 Å². The third-order valence-electron chi connectivity index (χ3n) is 0.814. The van der Waals surface area contributed by atoms with Crippen molar-refractivity contribution in [1.82, 2.24) is 0 Å². The van der Waals surface area contributed by atoms with E-state index in [-0.39, 0.29) is 0 Å². The summed E-state index contributed by atoms with van der Waals surface area (Å²) >= 11 is 3.74. The summed E-state index contributed by atoms with van der Waals surface area (Å²) in [5, 5.41) is 0. The van der Waals surface area contributed by atoms with Crippen LogP contribution in [0.3, 0.4) is 0 Å². The summed E-state index contributed by atoms with van der Waals surface area (Å²) in [5.74, 6) is 0. The Labute approximate surface area is 60.1 Å². The average Bonchev–Trinajstić information content (AvgIpc) is 1.83. The second kappa shape index (κ2) is 5.57. The van der Waals surface area contributed by atoms with Crippen molar-refractivity contribution in [2.24, 2.45) is 0 Å². The van der Waals surface area contributed by atoms with Crippen LogP contribution in [0.25, 0.3) is 0 Å². The summed E-state index contributed by atoms with van der Waals surface area (Å²) in [5.41, 5.74) is 0. The van der Waals surface area contributed by atoms with Gasteiger partial charge in [0.1, 0.15) is 0 Å². The third kappa shape index (κ3) is 3.44. The van der Waals surface area contributed by atoms with Gasteiger partial charge in [0.05, 0.1) is 4.58 Å². The van der Waals surface area contributed by atoms with Crippen LogP contribution in [0.1, 0.15) is 6.92 Å². The van der Waals surface area contributed by atoms with E-state index in [9.17, 15) is 0 Å². The van der Waals surface area contributed by atoms with Gasteiger partial charge in [-0.15, -0.1) is 23.5 Å². The van der Waals surface area contributed by atoms with E-state index in [0.717, 1.165) is 0 Å². The first-order valence-electron chi connectivity index (χ1n) is 2.53. The first-order valence-corrected chi connectivity index (χ1v) is 5.11. The fraction of sp³-hybridized carbons (Fsp3) is 0.667. The van der Waals surface area contributed by atoms with Gasteiger partial charge in [-0.1, -0.05) is 12.2 Å². The Hall–Kier alpha value is 0.440. The van der Waals surface area contributed by atoms with Crippen molar-refractivity contribution in [2.75, 3.05) is 12.5 Å². The molecular formula is C6H12S2. The van der Waals surface area contributed by atoms with Crippen molar-refractivity contribution in [3.63, 3.8) is 0 Å². The molecule has 0 radical (unpaired) electrons. The van der Waals surface area contributed by atoms with Crippen LogP contribution >= 0.6 is 23.5 Å². The molecule has 0 fully saturated rings. The minimum absolute atomic E-state index is 0.653. The van der Waals surface area contributed by atoms with Gasteiger partial charge in [0.15, 0.2) is 0 Å². The van der Waals surface area contributed by atoms with Crippen LogP contribution < -0.4 is 0 Å². The predicted octanol–water partition coefficient (Wildman–Crippen LogP) is 2.61. The van der Waals surface area contributed by atoms with Gasteiger partial charge < -0.3 is 0 Å². The molecule has 48 valence electrons. The van der Waals surface area contributed by atoms with Crippen molar-refractivity contribution < 1.29 is 0 Å². The Morgan fingerprint density at radius 3 is 1.88 bits per heavy atom. The molecule has 0 aliphatic rings. The van der Waals surface area contributed by atoms with Crippen LogP contribution in [0.15, 0.2) is 12.2 Å². The normalized spacial score (nSPS) is 11.5. The van der Waals surface area contributed by atoms with E-state index in [1.54, 1.807) is 0 Å². The van der Waals surface area contributed by atoms with Crippen molar-refractivity contribution >= 4 is 23.5 Å². The van der Waals surface area contributed by atoms with Gasteiger partial charge in [-0.25, -0.2) is 0 Å². The molecule has 0 aliphatic carbocycles. The molecule has 0 unspecified atom stereocenters. The largest absolute Gasteiger partial charge is 0.147 e. The Morgan fingerprint density at radius 2 is 1.75 bits per heavy atom. The number of thioether (sulfide) groups is 2. The van der Waals surface area contributed by atoms with Gasteiger partial charge in [-0.3, -0.25) is 0 Å². The zero-order valence-corrected chi connectivity index (χ0v) is 7.18. The van der Waals surface area contributed by atoms with E-state index >= 15 is 0 Å². The Balaban J connectivity index is 3.36. The van der Waals surface area contributed by atoms with Crippen LogP contribution in [0.4, 0.5) is 0 Å². The van der Waals surface area contributed by atoms with Gasteiger partial charge in [0, 0.05) is 0 Å². The molecule has 0 N–H and O–H groups in total. The zero-order valence-electron chi connectivity index (χ0n) is 5.55. The molecule has 0 aromatic rings. The van der Waals surface area contributed by atoms with Crippen LogP contribution in [0, 0.1) is 0 Å². The minimum atomic E-state index is 0.653. The monoisotopic (exact) mass is 148 g/mol. The van der Waals surface area contributed by atoms with Crippen LogP contribution in [-0.4, -0.2) is 17.1 Å². The lowest BCUT2D eigenvalue weighted by molar-refractivity contribution is 1.59. The number of rotatable bonds is 3. The summed E-state index contributed by atoms with van der Waals surface area (Å²) in [7, 11) is 0. The van der Waals surface area contributed by atoms with E-state index in [4.69, 9.17) is 0 Å². The molecular weight excluding hydrogens is 136 g/mol. The lowest BCUT2D eigenvalue weighted by Crippen LogP contribution is -1.85. The molecule has 8 heavy (non-hydrogen) atoms. The molecule has 0 rings (SSSR count). The summed E-state index contributed by atoms with van der Waals surface area (Å²) in [6, 6.07) is 0. The molecule has 0 heterocycles. The first-order chi connectivity index (χ1) is 3.85. The van der Waals surface area contributed by atoms with Crippen molar-refractivity contribution in [3.05, 3.63) is 12.2 Å². The molecule has 0 nitrogen and oxygen atoms in total. The predicted molar refractivity (Wildman–Crippen MR) is 45.6 cm³/mol. The molecule has 0 aromatic heterocycles. The Morgan fingerprint density at radius 1 is 1.25 bits per heavy atom. The highest BCUT2D eigenvalue weighted by Crippen LogP contribution is 2.18. The summed E-state index contributed by atoms with van der Waals surface area (Å²) < 4.78 is 0.653. The maximum atomic E-state index is 2.20. The van der Waals surface area contributed by atoms with Crippen molar-refractivity contribution in [2.45, 2.75) is 11.5 Å². The quantitative estimate of drug-likeness (QED) is 0.446. The SMILES string of the molecule is CC=CC(SC)SC. The van der Waals surface area contributed by atoms with Gasteiger partial charge in [0.25, 0.3) is 0 Å². The molecule has 2 heteroatoms. The van der Waals surface area contributed by atoms with E-state index in [1.165, 1.54) is 0 Å². The minimum Gasteiger partial charge on any atom is -0.147 e. The fourth-order valence-electron chi connectivity index (χ4n) is 0.410. The molecule has 0 saturated heterocycles. The van der Waals surface area contributed by atoms with E-state index in [1.807, 2.05) is 23.5 Å². The van der Waals surface area contributed by atoms with Crippen LogP contribution in [-0.2, 0) is 0 Å². The topological polar surface area (TPSA) is 0 Å². The number of hydrogen-bond acceptors (Lipinski definition) is 2. The van der Waals surface area contributed by atoms with Crippen molar-refractivity contribution in [3.8, 4) is 0 Å². The van der Waals surface area contributed by atoms with Crippen LogP contribution in [0.5, 0.6) is 0 Å². The van der Waals surface area contributed by atoms with E-state index in [2.05, 4.69) is 31.6 Å². The number of allylic oxidation sites excluding steroid dienone is 1. The maximum Gasteiger partial charge on any atom is 0.0676 e. The highest BCUT2D eigenvalue weighted by Gasteiger charge is 1.94. The molecule has 0 spiro atoms. The highest BCUT2D eigenvalue weighted by molar-refractivity contribution is 8.16. The molecule has 0 saturated carbocycles. The second-order valence-corrected chi connectivity index (χ2v) is 3.62. The molecule has 0 bridgehead atoms.